The highest BCUT2D eigenvalue weighted by Crippen LogP contribution is 2.16. The van der Waals surface area contributed by atoms with E-state index in [-0.39, 0.29) is 25.3 Å². The van der Waals surface area contributed by atoms with Gasteiger partial charge in [0.2, 0.25) is 11.8 Å². The molecule has 3 aromatic rings. The number of anilines is 1. The molecule has 0 spiro atoms. The van der Waals surface area contributed by atoms with Crippen LogP contribution in [0.3, 0.4) is 0 Å². The summed E-state index contributed by atoms with van der Waals surface area (Å²) in [6.45, 7) is 0.196. The summed E-state index contributed by atoms with van der Waals surface area (Å²) < 4.78 is 6.52. The number of thiazole rings is 1. The van der Waals surface area contributed by atoms with Gasteiger partial charge in [-0.1, -0.05) is 12.1 Å². The first kappa shape index (κ1) is 15.9. The van der Waals surface area contributed by atoms with E-state index in [0.717, 1.165) is 0 Å². The normalized spacial score (nSPS) is 10.8. The average molecular weight is 346 g/mol. The van der Waals surface area contributed by atoms with Crippen molar-refractivity contribution < 1.29 is 14.0 Å². The molecule has 0 saturated heterocycles. The van der Waals surface area contributed by atoms with Crippen molar-refractivity contribution in [2.24, 2.45) is 5.73 Å². The fraction of sp³-hybridized carbons (Fsp3) is 0.200. The Hall–Kier alpha value is -2.94. The van der Waals surface area contributed by atoms with Crippen molar-refractivity contribution in [1.82, 2.24) is 9.55 Å². The molecule has 24 heavy (non-hydrogen) atoms. The molecular weight excluding hydrogens is 332 g/mol. The molecule has 2 heterocycles. The third-order valence-electron chi connectivity index (χ3n) is 3.29. The number of rotatable bonds is 6. The number of para-hydroxylation sites is 2. The predicted molar refractivity (Wildman–Crippen MR) is 88.7 cm³/mol. The zero-order valence-corrected chi connectivity index (χ0v) is 13.3. The minimum atomic E-state index is -0.498. The van der Waals surface area contributed by atoms with E-state index in [4.69, 9.17) is 10.2 Å². The van der Waals surface area contributed by atoms with E-state index in [1.165, 1.54) is 15.9 Å². The number of fused-ring (bicyclic) bond motifs is 1. The summed E-state index contributed by atoms with van der Waals surface area (Å²) in [6, 6.07) is 7.02. The Labute approximate surface area is 139 Å². The van der Waals surface area contributed by atoms with Gasteiger partial charge in [-0.25, -0.2) is 9.78 Å². The van der Waals surface area contributed by atoms with Gasteiger partial charge in [0.25, 0.3) is 0 Å². The molecule has 8 nitrogen and oxygen atoms in total. The number of hydrogen-bond donors (Lipinski definition) is 2. The summed E-state index contributed by atoms with van der Waals surface area (Å²) in [4.78, 5) is 38.8. The van der Waals surface area contributed by atoms with Gasteiger partial charge in [-0.3, -0.25) is 14.2 Å². The maximum Gasteiger partial charge on any atom is 0.419 e. The zero-order chi connectivity index (χ0) is 17.1. The van der Waals surface area contributed by atoms with Crippen molar-refractivity contribution in [2.75, 3.05) is 5.32 Å². The SMILES string of the molecule is NC(=O)Cc1csc(NC(=O)CCn2c(=O)oc3ccccc32)n1. The van der Waals surface area contributed by atoms with Crippen LogP contribution in [0.5, 0.6) is 0 Å². The van der Waals surface area contributed by atoms with Crippen LogP contribution >= 0.6 is 11.3 Å². The highest BCUT2D eigenvalue weighted by atomic mass is 32.1. The molecule has 9 heteroatoms. The van der Waals surface area contributed by atoms with Crippen LogP contribution in [0.2, 0.25) is 0 Å². The van der Waals surface area contributed by atoms with Gasteiger partial charge in [-0.15, -0.1) is 11.3 Å². The van der Waals surface area contributed by atoms with Crippen LogP contribution in [0, 0.1) is 0 Å². The van der Waals surface area contributed by atoms with Crippen molar-refractivity contribution in [3.8, 4) is 0 Å². The summed E-state index contributed by atoms with van der Waals surface area (Å²) in [5.41, 5.74) is 6.74. The van der Waals surface area contributed by atoms with E-state index >= 15 is 0 Å². The lowest BCUT2D eigenvalue weighted by Crippen LogP contribution is -2.20. The molecule has 0 bridgehead atoms. The van der Waals surface area contributed by atoms with Crippen molar-refractivity contribution in [2.45, 2.75) is 19.4 Å². The molecule has 3 N–H and O–H groups in total. The highest BCUT2D eigenvalue weighted by molar-refractivity contribution is 7.13. The first-order chi connectivity index (χ1) is 11.5. The van der Waals surface area contributed by atoms with Crippen LogP contribution in [0.1, 0.15) is 12.1 Å². The van der Waals surface area contributed by atoms with Crippen molar-refractivity contribution >= 4 is 39.4 Å². The number of carbonyl (C=O) groups is 2. The van der Waals surface area contributed by atoms with Gasteiger partial charge < -0.3 is 15.5 Å². The Kier molecular flexibility index (Phi) is 4.43. The predicted octanol–water partition coefficient (Wildman–Crippen LogP) is 1.11. The van der Waals surface area contributed by atoms with Crippen molar-refractivity contribution in [1.29, 1.82) is 0 Å². The molecule has 124 valence electrons. The molecule has 0 saturated carbocycles. The lowest BCUT2D eigenvalue weighted by Gasteiger charge is -2.03. The van der Waals surface area contributed by atoms with Crippen LogP contribution in [-0.2, 0) is 22.6 Å². The third kappa shape index (κ3) is 3.51. The summed E-state index contributed by atoms with van der Waals surface area (Å²) in [5, 5.41) is 4.69. The molecule has 0 aliphatic heterocycles. The number of nitrogens with zero attached hydrogens (tertiary/aromatic N) is 2. The Balaban J connectivity index is 1.63. The van der Waals surface area contributed by atoms with Gasteiger partial charge in [-0.05, 0) is 12.1 Å². The number of primary amides is 1. The van der Waals surface area contributed by atoms with E-state index in [9.17, 15) is 14.4 Å². The molecular formula is C15H14N4O4S. The van der Waals surface area contributed by atoms with Crippen LogP contribution in [-0.4, -0.2) is 21.4 Å². The minimum absolute atomic E-state index is 0.0305. The second-order valence-corrected chi connectivity index (χ2v) is 5.93. The van der Waals surface area contributed by atoms with Crippen LogP contribution in [0.4, 0.5) is 5.13 Å². The second kappa shape index (κ2) is 6.67. The fourth-order valence-electron chi connectivity index (χ4n) is 2.24. The maximum absolute atomic E-state index is 12.0. The molecule has 2 aromatic heterocycles. The monoisotopic (exact) mass is 346 g/mol. The molecule has 0 fully saturated rings. The summed E-state index contributed by atoms with van der Waals surface area (Å²) >= 11 is 1.21. The second-order valence-electron chi connectivity index (χ2n) is 5.07. The standard InChI is InChI=1S/C15H14N4O4S/c16-12(20)7-9-8-24-14(17-9)18-13(21)5-6-19-10-3-1-2-4-11(10)23-15(19)22/h1-4,8H,5-7H2,(H2,16,20)(H,17,18,21). The van der Waals surface area contributed by atoms with Crippen LogP contribution in [0.15, 0.2) is 38.9 Å². The first-order valence-corrected chi connectivity index (χ1v) is 8.02. The van der Waals surface area contributed by atoms with Gasteiger partial charge >= 0.3 is 5.76 Å². The first-order valence-electron chi connectivity index (χ1n) is 7.14. The zero-order valence-electron chi connectivity index (χ0n) is 12.5. The van der Waals surface area contributed by atoms with Crippen molar-refractivity contribution in [3.05, 3.63) is 45.9 Å². The Morgan fingerprint density at radius 3 is 2.92 bits per heavy atom. The number of benzene rings is 1. The van der Waals surface area contributed by atoms with E-state index in [0.29, 0.717) is 21.9 Å². The van der Waals surface area contributed by atoms with E-state index in [1.807, 2.05) is 0 Å². The number of nitrogens with one attached hydrogen (secondary N) is 1. The van der Waals surface area contributed by atoms with Gasteiger partial charge in [-0.2, -0.15) is 0 Å². The molecule has 1 aromatic carbocycles. The lowest BCUT2D eigenvalue weighted by molar-refractivity contribution is -0.117. The number of hydrogen-bond acceptors (Lipinski definition) is 6. The quantitative estimate of drug-likeness (QED) is 0.692. The van der Waals surface area contributed by atoms with Gasteiger partial charge in [0.05, 0.1) is 17.6 Å². The number of oxazole rings is 1. The Morgan fingerprint density at radius 2 is 2.12 bits per heavy atom. The number of carbonyl (C=O) groups excluding carboxylic acids is 2. The molecule has 0 radical (unpaired) electrons. The maximum atomic E-state index is 12.0. The molecule has 3 rings (SSSR count). The summed E-state index contributed by atoms with van der Waals surface area (Å²) in [6.07, 6.45) is 0.122. The highest BCUT2D eigenvalue weighted by Gasteiger charge is 2.12. The van der Waals surface area contributed by atoms with E-state index in [1.54, 1.807) is 29.6 Å². The summed E-state index contributed by atoms with van der Waals surface area (Å²) in [5.74, 6) is -1.27. The Bertz CT molecular complexity index is 956. The van der Waals surface area contributed by atoms with Crippen LogP contribution in [0.25, 0.3) is 11.1 Å². The van der Waals surface area contributed by atoms with Crippen molar-refractivity contribution in [3.63, 3.8) is 0 Å². The number of amides is 2. The molecule has 0 aliphatic carbocycles. The number of nitrogens with two attached hydrogens (primary N) is 1. The van der Waals surface area contributed by atoms with Gasteiger partial charge in [0.1, 0.15) is 0 Å². The number of aryl methyl sites for hydroxylation is 1. The number of aromatic nitrogens is 2. The average Bonchev–Trinajstić information content (AvgIpc) is 3.08. The largest absolute Gasteiger partial charge is 0.419 e. The van der Waals surface area contributed by atoms with Gasteiger partial charge in [0, 0.05) is 18.3 Å². The Morgan fingerprint density at radius 1 is 1.33 bits per heavy atom. The smallest absolute Gasteiger partial charge is 0.408 e. The lowest BCUT2D eigenvalue weighted by atomic mass is 10.3. The minimum Gasteiger partial charge on any atom is -0.408 e. The fourth-order valence-corrected chi connectivity index (χ4v) is 2.97. The summed E-state index contributed by atoms with van der Waals surface area (Å²) in [7, 11) is 0. The molecule has 0 unspecified atom stereocenters. The molecule has 0 atom stereocenters. The van der Waals surface area contributed by atoms with E-state index in [2.05, 4.69) is 10.3 Å². The third-order valence-corrected chi connectivity index (χ3v) is 4.10. The van der Waals surface area contributed by atoms with Crippen LogP contribution < -0.4 is 16.8 Å². The van der Waals surface area contributed by atoms with E-state index < -0.39 is 11.7 Å². The van der Waals surface area contributed by atoms with Gasteiger partial charge in [0.15, 0.2) is 10.7 Å². The molecule has 2 amide bonds. The topological polar surface area (TPSA) is 120 Å². The molecule has 0 aliphatic rings.